The summed E-state index contributed by atoms with van der Waals surface area (Å²) in [7, 11) is 0. The Kier molecular flexibility index (Phi) is 5.07. The first kappa shape index (κ1) is 18.5. The van der Waals surface area contributed by atoms with Crippen molar-refractivity contribution in [1.29, 1.82) is 0 Å². The number of nitrogens with zero attached hydrogens (tertiary/aromatic N) is 1. The van der Waals surface area contributed by atoms with E-state index in [0.717, 1.165) is 11.1 Å². The van der Waals surface area contributed by atoms with Crippen molar-refractivity contribution in [2.24, 2.45) is 5.73 Å². The summed E-state index contributed by atoms with van der Waals surface area (Å²) >= 11 is 1.53. The summed E-state index contributed by atoms with van der Waals surface area (Å²) in [6.07, 6.45) is 1.03. The second kappa shape index (κ2) is 7.66. The van der Waals surface area contributed by atoms with E-state index in [1.807, 2.05) is 60.7 Å². The molecule has 2 aromatic carbocycles. The fraction of sp³-hybridized carbons (Fsp3) is 0.182. The van der Waals surface area contributed by atoms with Crippen molar-refractivity contribution in [3.63, 3.8) is 0 Å². The molecule has 2 N–H and O–H groups in total. The smallest absolute Gasteiger partial charge is 0.356 e. The molecule has 4 rings (SSSR count). The topological polar surface area (TPSA) is 72.6 Å². The molecule has 142 valence electrons. The standard InChI is InChI=1S/C22H20N2O3S/c1-2-14-13-28-21-17(23)20(25)24(21)18(14)22(26)27-19(15-9-5-3-6-10-15)16-11-7-4-8-12-16/h2-12,17,19,21H,1,13,23H2/t17?,21-/m1/s1. The van der Waals surface area contributed by atoms with E-state index in [2.05, 4.69) is 6.58 Å². The van der Waals surface area contributed by atoms with E-state index in [1.165, 1.54) is 16.7 Å². The maximum Gasteiger partial charge on any atom is 0.356 e. The van der Waals surface area contributed by atoms with Crippen molar-refractivity contribution in [2.75, 3.05) is 5.75 Å². The van der Waals surface area contributed by atoms with Crippen molar-refractivity contribution in [2.45, 2.75) is 17.5 Å². The summed E-state index contributed by atoms with van der Waals surface area (Å²) in [5.74, 6) is -0.241. The molecule has 2 aromatic rings. The second-order valence-corrected chi connectivity index (χ2v) is 7.73. The minimum Gasteiger partial charge on any atom is -0.448 e. The highest BCUT2D eigenvalue weighted by molar-refractivity contribution is 8.00. The molecular weight excluding hydrogens is 372 g/mol. The van der Waals surface area contributed by atoms with Crippen molar-refractivity contribution in [1.82, 2.24) is 4.90 Å². The Morgan fingerprint density at radius 2 is 1.71 bits per heavy atom. The number of carbonyl (C=O) groups excluding carboxylic acids is 2. The normalized spacial score (nSPS) is 21.2. The van der Waals surface area contributed by atoms with E-state index < -0.39 is 18.1 Å². The van der Waals surface area contributed by atoms with Gasteiger partial charge in [0.15, 0.2) is 6.10 Å². The van der Waals surface area contributed by atoms with Gasteiger partial charge in [-0.3, -0.25) is 9.69 Å². The summed E-state index contributed by atoms with van der Waals surface area (Å²) in [4.78, 5) is 27.0. The van der Waals surface area contributed by atoms with Crippen LogP contribution < -0.4 is 5.73 Å². The van der Waals surface area contributed by atoms with Gasteiger partial charge in [-0.05, 0) is 16.7 Å². The predicted octanol–water partition coefficient (Wildman–Crippen LogP) is 3.00. The Morgan fingerprint density at radius 3 is 2.25 bits per heavy atom. The van der Waals surface area contributed by atoms with E-state index in [-0.39, 0.29) is 17.0 Å². The zero-order valence-electron chi connectivity index (χ0n) is 15.2. The predicted molar refractivity (Wildman–Crippen MR) is 109 cm³/mol. The quantitative estimate of drug-likeness (QED) is 0.626. The molecule has 1 unspecified atom stereocenters. The lowest BCUT2D eigenvalue weighted by Crippen LogP contribution is -2.68. The summed E-state index contributed by atoms with van der Waals surface area (Å²) in [6, 6.07) is 18.5. The van der Waals surface area contributed by atoms with Crippen LogP contribution in [0.15, 0.2) is 84.6 Å². The minimum absolute atomic E-state index is 0.231. The zero-order valence-corrected chi connectivity index (χ0v) is 16.0. The Morgan fingerprint density at radius 1 is 1.14 bits per heavy atom. The number of β-lactam (4-membered cyclic amide) rings is 1. The molecule has 2 aliphatic rings. The van der Waals surface area contributed by atoms with E-state index in [4.69, 9.17) is 10.5 Å². The monoisotopic (exact) mass is 392 g/mol. The van der Waals surface area contributed by atoms with Crippen LogP contribution in [0.3, 0.4) is 0 Å². The molecule has 5 nitrogen and oxygen atoms in total. The zero-order chi connectivity index (χ0) is 19.7. The Bertz CT molecular complexity index is 903. The number of hydrogen-bond acceptors (Lipinski definition) is 5. The molecule has 2 atom stereocenters. The van der Waals surface area contributed by atoms with Crippen LogP contribution >= 0.6 is 11.8 Å². The molecule has 1 fully saturated rings. The first-order valence-corrected chi connectivity index (χ1v) is 10.0. The number of ether oxygens (including phenoxy) is 1. The van der Waals surface area contributed by atoms with Crippen molar-refractivity contribution >= 4 is 23.6 Å². The lowest BCUT2D eigenvalue weighted by Gasteiger charge is -2.48. The molecule has 0 radical (unpaired) electrons. The number of fused-ring (bicyclic) bond motifs is 1. The van der Waals surface area contributed by atoms with E-state index in [1.54, 1.807) is 6.08 Å². The van der Waals surface area contributed by atoms with Gasteiger partial charge in [-0.1, -0.05) is 73.3 Å². The summed E-state index contributed by atoms with van der Waals surface area (Å²) in [5, 5.41) is -0.231. The van der Waals surface area contributed by atoms with Gasteiger partial charge < -0.3 is 10.5 Å². The molecular formula is C22H20N2O3S. The van der Waals surface area contributed by atoms with E-state index in [0.29, 0.717) is 11.3 Å². The number of esters is 1. The first-order valence-electron chi connectivity index (χ1n) is 8.98. The van der Waals surface area contributed by atoms with Gasteiger partial charge >= 0.3 is 5.97 Å². The number of rotatable bonds is 5. The summed E-state index contributed by atoms with van der Waals surface area (Å²) in [5.41, 5.74) is 8.55. The van der Waals surface area contributed by atoms with Gasteiger partial charge in [0.2, 0.25) is 5.91 Å². The third-order valence-corrected chi connectivity index (χ3v) is 6.23. The largest absolute Gasteiger partial charge is 0.448 e. The van der Waals surface area contributed by atoms with Crippen molar-refractivity contribution in [3.05, 3.63) is 95.7 Å². The number of carbonyl (C=O) groups is 2. The number of amides is 1. The highest BCUT2D eigenvalue weighted by atomic mass is 32.2. The lowest BCUT2D eigenvalue weighted by atomic mass is 10.0. The van der Waals surface area contributed by atoms with Gasteiger partial charge in [0.1, 0.15) is 17.1 Å². The number of thioether (sulfide) groups is 1. The number of nitrogens with two attached hydrogens (primary N) is 1. The number of benzene rings is 2. The molecule has 2 aliphatic heterocycles. The molecule has 0 aliphatic carbocycles. The maximum absolute atomic E-state index is 13.2. The Hall–Kier alpha value is -2.83. The fourth-order valence-corrected chi connectivity index (χ4v) is 4.72. The van der Waals surface area contributed by atoms with Gasteiger partial charge in [0, 0.05) is 5.75 Å². The second-order valence-electron chi connectivity index (χ2n) is 6.62. The molecule has 6 heteroatoms. The van der Waals surface area contributed by atoms with Crippen LogP contribution in [0.5, 0.6) is 0 Å². The molecule has 0 spiro atoms. The van der Waals surface area contributed by atoms with Gasteiger partial charge in [-0.25, -0.2) is 4.79 Å². The maximum atomic E-state index is 13.2. The van der Waals surface area contributed by atoms with Crippen molar-refractivity contribution in [3.8, 4) is 0 Å². The molecule has 1 saturated heterocycles. The van der Waals surface area contributed by atoms with Crippen LogP contribution in [-0.2, 0) is 14.3 Å². The molecule has 0 saturated carbocycles. The van der Waals surface area contributed by atoms with Crippen LogP contribution in [-0.4, -0.2) is 33.9 Å². The fourth-order valence-electron chi connectivity index (χ4n) is 3.43. The van der Waals surface area contributed by atoms with E-state index in [9.17, 15) is 9.59 Å². The van der Waals surface area contributed by atoms with Crippen LogP contribution in [0.25, 0.3) is 0 Å². The van der Waals surface area contributed by atoms with Crippen LogP contribution in [0.2, 0.25) is 0 Å². The number of allylic oxidation sites excluding steroid dienone is 1. The first-order chi connectivity index (χ1) is 13.6. The molecule has 28 heavy (non-hydrogen) atoms. The highest BCUT2D eigenvalue weighted by Crippen LogP contribution is 2.40. The SMILES string of the molecule is C=CC1=C(C(=O)OC(c2ccccc2)c2ccccc2)N2C(=O)C(N)[C@H]2SC1. The average Bonchev–Trinajstić information content (AvgIpc) is 2.76. The third kappa shape index (κ3) is 3.15. The molecule has 0 bridgehead atoms. The van der Waals surface area contributed by atoms with Gasteiger partial charge in [0.05, 0.1) is 0 Å². The lowest BCUT2D eigenvalue weighted by molar-refractivity contribution is -0.153. The minimum atomic E-state index is -0.585. The van der Waals surface area contributed by atoms with Crippen LogP contribution in [0.4, 0.5) is 0 Å². The third-order valence-electron chi connectivity index (χ3n) is 4.91. The Balaban J connectivity index is 1.69. The molecule has 1 amide bonds. The van der Waals surface area contributed by atoms with Gasteiger partial charge in [0.25, 0.3) is 0 Å². The molecule has 0 aromatic heterocycles. The van der Waals surface area contributed by atoms with Gasteiger partial charge in [-0.15, -0.1) is 11.8 Å². The van der Waals surface area contributed by atoms with Crippen molar-refractivity contribution < 1.29 is 14.3 Å². The van der Waals surface area contributed by atoms with E-state index >= 15 is 0 Å². The summed E-state index contributed by atoms with van der Waals surface area (Å²) < 4.78 is 5.94. The molecule has 2 heterocycles. The summed E-state index contributed by atoms with van der Waals surface area (Å²) in [6.45, 7) is 3.79. The van der Waals surface area contributed by atoms with Crippen LogP contribution in [0.1, 0.15) is 17.2 Å². The van der Waals surface area contributed by atoms with Gasteiger partial charge in [-0.2, -0.15) is 0 Å². The average molecular weight is 392 g/mol. The van der Waals surface area contributed by atoms with Crippen LogP contribution in [0, 0.1) is 0 Å². The Labute approximate surface area is 167 Å². The highest BCUT2D eigenvalue weighted by Gasteiger charge is 2.52. The number of hydrogen-bond donors (Lipinski definition) is 1.